The lowest BCUT2D eigenvalue weighted by Crippen LogP contribution is -2.62. The molecular formula is C34H50N6O6. The molecule has 4 rings (SSSR count). The Labute approximate surface area is 271 Å². The molecule has 1 aliphatic carbocycles. The van der Waals surface area contributed by atoms with Crippen molar-refractivity contribution in [1.82, 2.24) is 31.5 Å². The van der Waals surface area contributed by atoms with Gasteiger partial charge in [-0.3, -0.25) is 24.0 Å². The lowest BCUT2D eigenvalue weighted by atomic mass is 9.85. The van der Waals surface area contributed by atoms with Crippen molar-refractivity contribution in [2.24, 2.45) is 28.6 Å². The third-order valence-corrected chi connectivity index (χ3v) is 9.47. The molecule has 0 bridgehead atoms. The van der Waals surface area contributed by atoms with Gasteiger partial charge >= 0.3 is 6.03 Å². The molecule has 12 heteroatoms. The predicted molar refractivity (Wildman–Crippen MR) is 172 cm³/mol. The number of ketones is 1. The Morgan fingerprint density at radius 1 is 1.00 bits per heavy atom. The van der Waals surface area contributed by atoms with Crippen molar-refractivity contribution in [3.8, 4) is 0 Å². The third kappa shape index (κ3) is 7.87. The molecule has 2 aliphatic heterocycles. The number of Topliss-reactive ketones (excluding diaryl/α,β-unsaturated/α-hetero) is 1. The largest absolute Gasteiger partial charge is 0.356 e. The molecule has 252 valence electrons. The number of fused-ring (bicyclic) bond motifs is 1. The highest BCUT2D eigenvalue weighted by atomic mass is 16.2. The second-order valence-electron chi connectivity index (χ2n) is 15.6. The Kier molecular flexibility index (Phi) is 9.89. The van der Waals surface area contributed by atoms with Crippen LogP contribution in [-0.4, -0.2) is 77.1 Å². The first kappa shape index (κ1) is 34.9. The van der Waals surface area contributed by atoms with Crippen LogP contribution in [0.15, 0.2) is 30.3 Å². The Morgan fingerprint density at radius 3 is 2.22 bits per heavy atom. The Bertz CT molecular complexity index is 1360. The molecule has 0 radical (unpaired) electrons. The number of piperidine rings is 1. The summed E-state index contributed by atoms with van der Waals surface area (Å²) >= 11 is 0. The van der Waals surface area contributed by atoms with Crippen molar-refractivity contribution >= 4 is 35.4 Å². The second-order valence-corrected chi connectivity index (χ2v) is 15.6. The lowest BCUT2D eigenvalue weighted by Gasteiger charge is -2.38. The van der Waals surface area contributed by atoms with Crippen LogP contribution in [0.25, 0.3) is 0 Å². The number of carbonyl (C=O) groups is 6. The summed E-state index contributed by atoms with van der Waals surface area (Å²) in [6.45, 7) is 16.0. The summed E-state index contributed by atoms with van der Waals surface area (Å²) in [5, 5.41) is 13.8. The fraction of sp³-hybridized carbons (Fsp3) is 0.647. The molecular weight excluding hydrogens is 588 g/mol. The Hall–Kier alpha value is -3.96. The van der Waals surface area contributed by atoms with Gasteiger partial charge in [-0.25, -0.2) is 4.79 Å². The first-order chi connectivity index (χ1) is 21.3. The second kappa shape index (κ2) is 13.0. The topological polar surface area (TPSA) is 166 Å². The lowest BCUT2D eigenvalue weighted by molar-refractivity contribution is -0.145. The monoisotopic (exact) mass is 638 g/mol. The minimum atomic E-state index is -1.26. The normalized spacial score (nSPS) is 24.6. The fourth-order valence-corrected chi connectivity index (χ4v) is 6.80. The zero-order valence-electron chi connectivity index (χ0n) is 28.3. The molecule has 46 heavy (non-hydrogen) atoms. The third-order valence-electron chi connectivity index (χ3n) is 9.47. The highest BCUT2D eigenvalue weighted by molar-refractivity contribution is 6.38. The number of amides is 6. The first-order valence-corrected chi connectivity index (χ1v) is 16.1. The van der Waals surface area contributed by atoms with Gasteiger partial charge in [-0.1, -0.05) is 65.0 Å². The highest BCUT2D eigenvalue weighted by Crippen LogP contribution is 2.65. The van der Waals surface area contributed by atoms with Gasteiger partial charge < -0.3 is 31.5 Å². The van der Waals surface area contributed by atoms with E-state index in [1.807, 2.05) is 85.7 Å². The number of benzene rings is 1. The summed E-state index contributed by atoms with van der Waals surface area (Å²) in [5.74, 6) is -3.54. The van der Waals surface area contributed by atoms with Crippen LogP contribution in [0.2, 0.25) is 0 Å². The van der Waals surface area contributed by atoms with Crippen molar-refractivity contribution in [2.45, 2.75) is 98.4 Å². The van der Waals surface area contributed by atoms with Gasteiger partial charge in [0.05, 0.1) is 6.04 Å². The van der Waals surface area contributed by atoms with Gasteiger partial charge in [-0.05, 0) is 61.8 Å². The van der Waals surface area contributed by atoms with E-state index in [9.17, 15) is 28.8 Å². The predicted octanol–water partition coefficient (Wildman–Crippen LogP) is 1.88. The Balaban J connectivity index is 1.56. The van der Waals surface area contributed by atoms with Crippen molar-refractivity contribution in [3.05, 3.63) is 35.9 Å². The molecule has 6 atom stereocenters. The van der Waals surface area contributed by atoms with Crippen LogP contribution in [0.4, 0.5) is 4.79 Å². The molecule has 3 aliphatic rings. The number of likely N-dealkylation sites (tertiary alicyclic amines) is 1. The number of carbonyl (C=O) groups excluding carboxylic acids is 6. The minimum Gasteiger partial charge on any atom is -0.356 e. The van der Waals surface area contributed by atoms with Crippen molar-refractivity contribution in [3.63, 3.8) is 0 Å². The summed E-state index contributed by atoms with van der Waals surface area (Å²) < 4.78 is 0. The molecule has 3 fully saturated rings. The van der Waals surface area contributed by atoms with Crippen LogP contribution >= 0.6 is 0 Å². The summed E-state index contributed by atoms with van der Waals surface area (Å²) in [7, 11) is 0. The van der Waals surface area contributed by atoms with Gasteiger partial charge in [0.1, 0.15) is 12.1 Å². The van der Waals surface area contributed by atoms with Gasteiger partial charge in [-0.15, -0.1) is 0 Å². The van der Waals surface area contributed by atoms with E-state index >= 15 is 0 Å². The minimum absolute atomic E-state index is 0.0353. The number of nitrogens with zero attached hydrogens (tertiary/aromatic N) is 1. The van der Waals surface area contributed by atoms with Gasteiger partial charge in [0.2, 0.25) is 23.5 Å². The molecule has 3 unspecified atom stereocenters. The van der Waals surface area contributed by atoms with Crippen molar-refractivity contribution < 1.29 is 28.8 Å². The van der Waals surface area contributed by atoms with Crippen molar-refractivity contribution in [1.29, 1.82) is 0 Å². The maximum Gasteiger partial charge on any atom is 0.315 e. The number of hydrogen-bond donors (Lipinski definition) is 5. The molecule has 6 amide bonds. The van der Waals surface area contributed by atoms with Crippen LogP contribution < -0.4 is 26.6 Å². The van der Waals surface area contributed by atoms with E-state index in [0.717, 1.165) is 5.56 Å². The number of nitrogens with one attached hydrogen (secondary N) is 5. The average Bonchev–Trinajstić information content (AvgIpc) is 3.30. The molecule has 1 saturated carbocycles. The molecule has 5 N–H and O–H groups in total. The van der Waals surface area contributed by atoms with Gasteiger partial charge in [0.15, 0.2) is 0 Å². The van der Waals surface area contributed by atoms with E-state index in [4.69, 9.17) is 0 Å². The van der Waals surface area contributed by atoms with E-state index in [1.54, 1.807) is 0 Å². The van der Waals surface area contributed by atoms with Gasteiger partial charge in [0.25, 0.3) is 5.91 Å². The van der Waals surface area contributed by atoms with E-state index in [1.165, 1.54) is 4.90 Å². The first-order valence-electron chi connectivity index (χ1n) is 16.1. The SMILES string of the molecule is CC(C)(C)NC(=O)NC(C(=O)N1C[C@H]2[C@@H]([C@H]1C(=O)NC(CC1CCNC1=O)C(=O)C(=O)NCc1ccccc1)C2(C)C)C(C)(C)C. The molecule has 2 saturated heterocycles. The maximum atomic E-state index is 14.2. The van der Waals surface area contributed by atoms with Crippen LogP contribution in [0.5, 0.6) is 0 Å². The zero-order valence-corrected chi connectivity index (χ0v) is 28.3. The molecule has 12 nitrogen and oxygen atoms in total. The molecule has 0 aromatic heterocycles. The molecule has 1 aromatic carbocycles. The summed E-state index contributed by atoms with van der Waals surface area (Å²) in [4.78, 5) is 81.7. The van der Waals surface area contributed by atoms with Gasteiger partial charge in [-0.2, -0.15) is 0 Å². The quantitative estimate of drug-likeness (QED) is 0.246. The number of rotatable bonds is 10. The van der Waals surface area contributed by atoms with Crippen LogP contribution in [-0.2, 0) is 30.5 Å². The average molecular weight is 639 g/mol. The van der Waals surface area contributed by atoms with Crippen LogP contribution in [0.3, 0.4) is 0 Å². The zero-order chi connectivity index (χ0) is 34.2. The summed E-state index contributed by atoms with van der Waals surface area (Å²) in [6, 6.07) is 5.53. The fourth-order valence-electron chi connectivity index (χ4n) is 6.80. The summed E-state index contributed by atoms with van der Waals surface area (Å²) in [5.41, 5.74) is -0.617. The standard InChI is InChI=1S/C34H50N6O6/c1-32(2,3)26(38-31(46)39-33(4,5)6)30(45)40-18-21-23(34(21,7)8)24(40)28(43)37-22(16-20-14-15-35-27(20)42)25(41)29(44)36-17-19-12-10-9-11-13-19/h9-13,20-24,26H,14-18H2,1-8H3,(H,35,42)(H,36,44)(H,37,43)(H2,38,39,46)/t20?,21-,22?,23-,24-,26?/m0/s1. The van der Waals surface area contributed by atoms with Crippen LogP contribution in [0, 0.1) is 28.6 Å². The van der Waals surface area contributed by atoms with Crippen molar-refractivity contribution in [2.75, 3.05) is 13.1 Å². The van der Waals surface area contributed by atoms with E-state index in [0.29, 0.717) is 19.5 Å². The molecule has 2 heterocycles. The molecule has 1 aromatic rings. The Morgan fingerprint density at radius 2 is 1.65 bits per heavy atom. The van der Waals surface area contributed by atoms with Gasteiger partial charge in [0, 0.05) is 31.1 Å². The highest BCUT2D eigenvalue weighted by Gasteiger charge is 2.70. The maximum absolute atomic E-state index is 14.2. The van der Waals surface area contributed by atoms with E-state index < -0.39 is 64.5 Å². The molecule has 0 spiro atoms. The van der Waals surface area contributed by atoms with E-state index in [2.05, 4.69) is 26.6 Å². The number of urea groups is 1. The van der Waals surface area contributed by atoms with Crippen LogP contribution in [0.1, 0.15) is 73.8 Å². The van der Waals surface area contributed by atoms with E-state index in [-0.39, 0.29) is 36.1 Å². The number of hydrogen-bond acceptors (Lipinski definition) is 6. The summed E-state index contributed by atoms with van der Waals surface area (Å²) in [6.07, 6.45) is 0.442. The smallest absolute Gasteiger partial charge is 0.315 e.